The normalized spacial score (nSPS) is 16.4. The van der Waals surface area contributed by atoms with E-state index >= 15 is 0 Å². The van der Waals surface area contributed by atoms with E-state index in [9.17, 15) is 35.6 Å². The Balaban J connectivity index is 1.53. The van der Waals surface area contributed by atoms with Gasteiger partial charge in [0.1, 0.15) is 27.7 Å². The van der Waals surface area contributed by atoms with Gasteiger partial charge in [-0.2, -0.15) is 17.9 Å². The Morgan fingerprint density at radius 2 is 1.95 bits per heavy atom. The molecule has 2 heterocycles. The number of thiophene rings is 1. The highest BCUT2D eigenvalue weighted by Crippen LogP contribution is 2.31. The van der Waals surface area contributed by atoms with Crippen LogP contribution in [0, 0.1) is 11.2 Å². The standard InChI is InChI=1S/C22H18F4N4O5S2/c23-14-3-1-11-8-18(36-17(11)9-14)37(33,34)29-15-5-6-30(20(15)31)10-13-7-12(19(27)28)2-4-16(13)35-21(32)22(24,25)26/h1-4,7-9,15,29H,5-6,10H2,(H3,27,28)/t15-/m0/s1. The SMILES string of the molecule is N=C(N)c1ccc(OC(=O)C(F)(F)F)c(CN2CC[C@H](NS(=O)(=O)c3cc4ccc(F)cc4s3)C2=O)c1. The first-order chi connectivity index (χ1) is 17.2. The molecular formula is C22H18F4N4O5S2. The Bertz CT molecular complexity index is 1520. The molecule has 4 rings (SSSR count). The number of hydrogen-bond donors (Lipinski definition) is 3. The first-order valence-corrected chi connectivity index (χ1v) is 12.8. The van der Waals surface area contributed by atoms with Crippen LogP contribution in [0.5, 0.6) is 5.75 Å². The first-order valence-electron chi connectivity index (χ1n) is 10.5. The number of nitrogen functional groups attached to an aromatic ring is 1. The van der Waals surface area contributed by atoms with Crippen LogP contribution in [0.25, 0.3) is 10.1 Å². The molecule has 0 saturated carbocycles. The minimum Gasteiger partial charge on any atom is -0.420 e. The van der Waals surface area contributed by atoms with Gasteiger partial charge in [-0.25, -0.2) is 17.6 Å². The number of rotatable bonds is 7. The number of nitrogens with zero attached hydrogens (tertiary/aromatic N) is 1. The van der Waals surface area contributed by atoms with E-state index in [2.05, 4.69) is 9.46 Å². The summed E-state index contributed by atoms with van der Waals surface area (Å²) in [6.07, 6.45) is -5.20. The van der Waals surface area contributed by atoms with Crippen LogP contribution >= 0.6 is 11.3 Å². The summed E-state index contributed by atoms with van der Waals surface area (Å²) in [6.45, 7) is -0.290. The number of fused-ring (bicyclic) bond motifs is 1. The summed E-state index contributed by atoms with van der Waals surface area (Å²) < 4.78 is 84.4. The van der Waals surface area contributed by atoms with Gasteiger partial charge in [0.2, 0.25) is 5.91 Å². The molecule has 1 aliphatic rings. The third-order valence-corrected chi connectivity index (χ3v) is 8.53. The number of alkyl halides is 3. The zero-order valence-electron chi connectivity index (χ0n) is 18.6. The van der Waals surface area contributed by atoms with Crippen molar-refractivity contribution in [1.82, 2.24) is 9.62 Å². The van der Waals surface area contributed by atoms with Crippen LogP contribution in [0.3, 0.4) is 0 Å². The second kappa shape index (κ2) is 9.72. The lowest BCUT2D eigenvalue weighted by atomic mass is 10.1. The van der Waals surface area contributed by atoms with Crippen molar-refractivity contribution in [2.75, 3.05) is 6.54 Å². The molecule has 15 heteroatoms. The molecule has 1 aromatic heterocycles. The number of sulfonamides is 1. The molecule has 0 unspecified atom stereocenters. The van der Waals surface area contributed by atoms with E-state index in [1.54, 1.807) is 0 Å². The van der Waals surface area contributed by atoms with Crippen molar-refractivity contribution in [3.63, 3.8) is 0 Å². The Labute approximate surface area is 211 Å². The number of benzene rings is 2. The molecule has 1 atom stereocenters. The lowest BCUT2D eigenvalue weighted by molar-refractivity contribution is -0.189. The number of carbonyl (C=O) groups is 2. The van der Waals surface area contributed by atoms with Crippen molar-refractivity contribution in [3.05, 3.63) is 59.4 Å². The monoisotopic (exact) mass is 558 g/mol. The van der Waals surface area contributed by atoms with E-state index in [-0.39, 0.29) is 34.8 Å². The van der Waals surface area contributed by atoms with Crippen LogP contribution in [0.2, 0.25) is 0 Å². The molecule has 1 aliphatic heterocycles. The third-order valence-electron chi connectivity index (χ3n) is 5.49. The molecule has 3 aromatic rings. The summed E-state index contributed by atoms with van der Waals surface area (Å²) in [5.41, 5.74) is 5.52. The zero-order chi connectivity index (χ0) is 27.1. The smallest absolute Gasteiger partial charge is 0.420 e. The van der Waals surface area contributed by atoms with Crippen LogP contribution < -0.4 is 15.2 Å². The largest absolute Gasteiger partial charge is 0.491 e. The van der Waals surface area contributed by atoms with E-state index in [4.69, 9.17) is 11.1 Å². The highest BCUT2D eigenvalue weighted by Gasteiger charge is 2.42. The van der Waals surface area contributed by atoms with Gasteiger partial charge in [0, 0.05) is 28.9 Å². The van der Waals surface area contributed by atoms with Crippen LogP contribution in [0.15, 0.2) is 46.7 Å². The molecule has 0 radical (unpaired) electrons. The molecule has 1 saturated heterocycles. The predicted octanol–water partition coefficient (Wildman–Crippen LogP) is 2.87. The Hall–Kier alpha value is -3.56. The minimum atomic E-state index is -5.26. The fourth-order valence-corrected chi connectivity index (χ4v) is 6.36. The summed E-state index contributed by atoms with van der Waals surface area (Å²) in [6, 6.07) is 7.43. The average molecular weight is 559 g/mol. The quantitative estimate of drug-likeness (QED) is 0.134. The third kappa shape index (κ3) is 5.73. The number of carbonyl (C=O) groups excluding carboxylic acids is 2. The van der Waals surface area contributed by atoms with Crippen LogP contribution in [0.4, 0.5) is 17.6 Å². The number of hydrogen-bond acceptors (Lipinski definition) is 7. The summed E-state index contributed by atoms with van der Waals surface area (Å²) in [5, 5.41) is 8.06. The van der Waals surface area contributed by atoms with E-state index in [0.29, 0.717) is 10.1 Å². The molecule has 4 N–H and O–H groups in total. The van der Waals surface area contributed by atoms with Gasteiger partial charge < -0.3 is 15.4 Å². The highest BCUT2D eigenvalue weighted by molar-refractivity contribution is 7.91. The van der Waals surface area contributed by atoms with Crippen molar-refractivity contribution in [2.45, 2.75) is 29.4 Å². The Morgan fingerprint density at radius 1 is 1.22 bits per heavy atom. The summed E-state index contributed by atoms with van der Waals surface area (Å²) in [5.74, 6) is -4.54. The number of ether oxygens (including phenoxy) is 1. The number of esters is 1. The fraction of sp³-hybridized carbons (Fsp3) is 0.227. The van der Waals surface area contributed by atoms with Crippen molar-refractivity contribution in [2.24, 2.45) is 5.73 Å². The van der Waals surface area contributed by atoms with E-state index in [1.165, 1.54) is 41.3 Å². The van der Waals surface area contributed by atoms with Gasteiger partial charge in [0.25, 0.3) is 10.0 Å². The van der Waals surface area contributed by atoms with Crippen molar-refractivity contribution in [1.29, 1.82) is 5.41 Å². The topological polar surface area (TPSA) is 143 Å². The number of likely N-dealkylation sites (tertiary alicyclic amines) is 1. The zero-order valence-corrected chi connectivity index (χ0v) is 20.3. The predicted molar refractivity (Wildman–Crippen MR) is 125 cm³/mol. The number of halogens is 4. The van der Waals surface area contributed by atoms with Gasteiger partial charge in [-0.15, -0.1) is 11.3 Å². The van der Waals surface area contributed by atoms with Gasteiger partial charge in [-0.05, 0) is 48.2 Å². The molecule has 37 heavy (non-hydrogen) atoms. The second-order valence-electron chi connectivity index (χ2n) is 8.09. The van der Waals surface area contributed by atoms with Crippen molar-refractivity contribution >= 4 is 49.2 Å². The Morgan fingerprint density at radius 3 is 2.62 bits per heavy atom. The summed E-state index contributed by atoms with van der Waals surface area (Å²) in [7, 11) is -4.15. The van der Waals surface area contributed by atoms with Crippen LogP contribution in [0.1, 0.15) is 17.5 Å². The molecule has 1 amide bonds. The van der Waals surface area contributed by atoms with Gasteiger partial charge >= 0.3 is 12.1 Å². The molecule has 9 nitrogen and oxygen atoms in total. The maximum atomic E-state index is 13.5. The lowest BCUT2D eigenvalue weighted by Gasteiger charge is -2.20. The van der Waals surface area contributed by atoms with E-state index < -0.39 is 51.5 Å². The van der Waals surface area contributed by atoms with Crippen molar-refractivity contribution in [3.8, 4) is 5.75 Å². The second-order valence-corrected chi connectivity index (χ2v) is 11.1. The molecular weight excluding hydrogens is 540 g/mol. The first kappa shape index (κ1) is 26.5. The fourth-order valence-electron chi connectivity index (χ4n) is 3.70. The number of amides is 1. The molecule has 196 valence electrons. The molecule has 0 bridgehead atoms. The average Bonchev–Trinajstić information content (AvgIpc) is 3.38. The van der Waals surface area contributed by atoms with Gasteiger partial charge in [-0.1, -0.05) is 6.07 Å². The van der Waals surface area contributed by atoms with E-state index in [1.807, 2.05) is 0 Å². The number of nitrogens with two attached hydrogens (primary N) is 1. The van der Waals surface area contributed by atoms with Gasteiger partial charge in [0.15, 0.2) is 0 Å². The molecule has 2 aromatic carbocycles. The van der Waals surface area contributed by atoms with Gasteiger partial charge in [0.05, 0.1) is 0 Å². The number of nitrogens with one attached hydrogen (secondary N) is 2. The van der Waals surface area contributed by atoms with Crippen LogP contribution in [-0.4, -0.2) is 49.8 Å². The molecule has 1 fully saturated rings. The number of amidine groups is 1. The Kier molecular flexibility index (Phi) is 6.96. The highest BCUT2D eigenvalue weighted by atomic mass is 32.2. The lowest BCUT2D eigenvalue weighted by Crippen LogP contribution is -2.41. The van der Waals surface area contributed by atoms with E-state index in [0.717, 1.165) is 17.4 Å². The summed E-state index contributed by atoms with van der Waals surface area (Å²) in [4.78, 5) is 25.5. The molecule has 0 aliphatic carbocycles. The maximum Gasteiger partial charge on any atom is 0.491 e. The maximum absolute atomic E-state index is 13.5. The minimum absolute atomic E-state index is 0.0336. The molecule has 0 spiro atoms. The summed E-state index contributed by atoms with van der Waals surface area (Å²) >= 11 is 0.833. The van der Waals surface area contributed by atoms with Crippen LogP contribution in [-0.2, 0) is 26.2 Å². The van der Waals surface area contributed by atoms with Gasteiger partial charge in [-0.3, -0.25) is 10.2 Å². The van der Waals surface area contributed by atoms with Crippen molar-refractivity contribution < 1.29 is 40.3 Å².